The Morgan fingerprint density at radius 2 is 0.842 bits per heavy atom. The fourth-order valence-electron chi connectivity index (χ4n) is 5.57. The predicted molar refractivity (Wildman–Crippen MR) is 147 cm³/mol. The highest BCUT2D eigenvalue weighted by Crippen LogP contribution is 2.53. The summed E-state index contributed by atoms with van der Waals surface area (Å²) in [5, 5.41) is 39.4. The first kappa shape index (κ1) is 22.8. The van der Waals surface area contributed by atoms with E-state index < -0.39 is 0 Å². The lowest BCUT2D eigenvalue weighted by molar-refractivity contribution is 1.44. The molecule has 2 aliphatic carbocycles. The molecule has 0 bridgehead atoms. The first-order valence-corrected chi connectivity index (χ1v) is 12.1. The van der Waals surface area contributed by atoms with Crippen molar-refractivity contribution in [2.75, 3.05) is 0 Å². The van der Waals surface area contributed by atoms with Gasteiger partial charge in [0.25, 0.3) is 0 Å². The van der Waals surface area contributed by atoms with Crippen molar-refractivity contribution in [3.8, 4) is 57.7 Å². The zero-order valence-electron chi connectivity index (χ0n) is 20.7. The Kier molecular flexibility index (Phi) is 5.07. The molecule has 4 aromatic carbocycles. The van der Waals surface area contributed by atoms with E-state index in [1.807, 2.05) is 62.4 Å². The molecule has 174 valence electrons. The molecule has 0 amide bonds. The molecule has 38 heavy (non-hydrogen) atoms. The molecule has 0 saturated carbocycles. The van der Waals surface area contributed by atoms with Crippen molar-refractivity contribution in [2.24, 2.45) is 0 Å². The second-order valence-corrected chi connectivity index (χ2v) is 9.57. The molecule has 4 heteroatoms. The van der Waals surface area contributed by atoms with Crippen LogP contribution in [0.1, 0.15) is 33.4 Å². The van der Waals surface area contributed by atoms with Gasteiger partial charge in [-0.2, -0.15) is 21.0 Å². The van der Waals surface area contributed by atoms with Crippen molar-refractivity contribution >= 4 is 11.1 Å². The molecule has 0 unspecified atom stereocenters. The summed E-state index contributed by atoms with van der Waals surface area (Å²) in [5.41, 5.74) is 12.5. The van der Waals surface area contributed by atoms with Gasteiger partial charge in [-0.25, -0.2) is 0 Å². The van der Waals surface area contributed by atoms with Crippen LogP contribution in [0.25, 0.3) is 44.5 Å². The topological polar surface area (TPSA) is 95.2 Å². The third-order valence-electron chi connectivity index (χ3n) is 7.34. The minimum absolute atomic E-state index is 0.0543. The summed E-state index contributed by atoms with van der Waals surface area (Å²) in [7, 11) is 0. The maximum atomic E-state index is 9.90. The van der Waals surface area contributed by atoms with E-state index >= 15 is 0 Å². The van der Waals surface area contributed by atoms with Gasteiger partial charge in [0, 0.05) is 11.1 Å². The Hall–Kier alpha value is -5.68. The average Bonchev–Trinajstić information content (AvgIpc) is 3.41. The Balaban J connectivity index is 1.67. The SMILES string of the molecule is Cc1ccc(-c2ccc3c(c2)C(=C(C#N)C#N)c2cc4c(cc2-3)C(=C(C#N)C#N)c2cc(C)ccc2-4)cc1. The first-order valence-electron chi connectivity index (χ1n) is 12.1. The molecule has 0 aliphatic heterocycles. The highest BCUT2D eigenvalue weighted by Gasteiger charge is 2.33. The van der Waals surface area contributed by atoms with Crippen molar-refractivity contribution in [2.45, 2.75) is 13.8 Å². The molecule has 6 rings (SSSR count). The lowest BCUT2D eigenvalue weighted by atomic mass is 9.93. The van der Waals surface area contributed by atoms with Crippen LogP contribution in [0.15, 0.2) is 83.9 Å². The van der Waals surface area contributed by atoms with Gasteiger partial charge in [0.2, 0.25) is 0 Å². The van der Waals surface area contributed by atoms with Crippen molar-refractivity contribution in [3.05, 3.63) is 117 Å². The average molecular weight is 483 g/mol. The van der Waals surface area contributed by atoms with Gasteiger partial charge >= 0.3 is 0 Å². The monoisotopic (exact) mass is 482 g/mol. The van der Waals surface area contributed by atoms with E-state index in [9.17, 15) is 21.0 Å². The Morgan fingerprint density at radius 3 is 1.37 bits per heavy atom. The minimum atomic E-state index is 0.0543. The summed E-state index contributed by atoms with van der Waals surface area (Å²) >= 11 is 0. The lowest BCUT2D eigenvalue weighted by Crippen LogP contribution is -1.90. The maximum absolute atomic E-state index is 9.90. The van der Waals surface area contributed by atoms with Gasteiger partial charge in [0.15, 0.2) is 0 Å². The van der Waals surface area contributed by atoms with Gasteiger partial charge in [0.05, 0.1) is 0 Å². The van der Waals surface area contributed by atoms with Gasteiger partial charge in [-0.15, -0.1) is 0 Å². The van der Waals surface area contributed by atoms with Crippen molar-refractivity contribution < 1.29 is 0 Å². The fraction of sp³-hybridized carbons (Fsp3) is 0.0588. The number of nitriles is 4. The van der Waals surface area contributed by atoms with Crippen molar-refractivity contribution in [3.63, 3.8) is 0 Å². The van der Waals surface area contributed by atoms with Gasteiger partial charge in [-0.3, -0.25) is 0 Å². The molecule has 0 saturated heterocycles. The molecular weight excluding hydrogens is 464 g/mol. The van der Waals surface area contributed by atoms with E-state index in [0.29, 0.717) is 11.1 Å². The summed E-state index contributed by atoms with van der Waals surface area (Å²) in [5.74, 6) is 0. The summed E-state index contributed by atoms with van der Waals surface area (Å²) in [6.07, 6.45) is 0. The fourth-order valence-corrected chi connectivity index (χ4v) is 5.57. The van der Waals surface area contributed by atoms with Crippen LogP contribution in [0.4, 0.5) is 0 Å². The summed E-state index contributed by atoms with van der Waals surface area (Å²) in [4.78, 5) is 0. The highest BCUT2D eigenvalue weighted by molar-refractivity contribution is 6.11. The number of hydrogen-bond acceptors (Lipinski definition) is 4. The van der Waals surface area contributed by atoms with Gasteiger partial charge in [0.1, 0.15) is 35.4 Å². The zero-order chi connectivity index (χ0) is 26.6. The van der Waals surface area contributed by atoms with Crippen LogP contribution in [0, 0.1) is 59.2 Å². The Morgan fingerprint density at radius 1 is 0.421 bits per heavy atom. The quantitative estimate of drug-likeness (QED) is 0.225. The molecule has 4 aromatic rings. The van der Waals surface area contributed by atoms with Gasteiger partial charge in [-0.05, 0) is 87.7 Å². The molecule has 2 aliphatic rings. The van der Waals surface area contributed by atoms with Crippen LogP contribution in [0.5, 0.6) is 0 Å². The zero-order valence-corrected chi connectivity index (χ0v) is 20.7. The number of benzene rings is 4. The predicted octanol–water partition coefficient (Wildman–Crippen LogP) is 7.63. The van der Waals surface area contributed by atoms with Gasteiger partial charge < -0.3 is 0 Å². The normalized spacial score (nSPS) is 11.7. The molecular formula is C34H18N4. The summed E-state index contributed by atoms with van der Waals surface area (Å²) in [6.45, 7) is 4.02. The van der Waals surface area contributed by atoms with Crippen molar-refractivity contribution in [1.29, 1.82) is 21.0 Å². The molecule has 0 fully saturated rings. The highest BCUT2D eigenvalue weighted by atomic mass is 14.4. The van der Waals surface area contributed by atoms with Crippen LogP contribution in [0.3, 0.4) is 0 Å². The lowest BCUT2D eigenvalue weighted by Gasteiger charge is -2.08. The van der Waals surface area contributed by atoms with E-state index in [4.69, 9.17) is 0 Å². The van der Waals surface area contributed by atoms with E-state index in [1.54, 1.807) is 0 Å². The van der Waals surface area contributed by atoms with Gasteiger partial charge in [-0.1, -0.05) is 65.7 Å². The number of fused-ring (bicyclic) bond motifs is 6. The third-order valence-corrected chi connectivity index (χ3v) is 7.34. The molecule has 0 atom stereocenters. The van der Waals surface area contributed by atoms with Crippen LogP contribution in [-0.2, 0) is 0 Å². The van der Waals surface area contributed by atoms with E-state index in [2.05, 4.69) is 48.5 Å². The second-order valence-electron chi connectivity index (χ2n) is 9.57. The standard InChI is InChI=1S/C34H18N4/c1-19-3-6-21(7-4-19)22-8-10-26-28-14-31-27(13-32(28)34(30(26)12-22)24(17-37)18-38)25-9-5-20(2)11-29(25)33(31)23(15-35)16-36/h3-14H,1-2H3. The third kappa shape index (κ3) is 3.20. The Bertz CT molecular complexity index is 1930. The Labute approximate surface area is 220 Å². The largest absolute Gasteiger partial charge is 0.192 e. The van der Waals surface area contributed by atoms with Crippen LogP contribution < -0.4 is 0 Å². The van der Waals surface area contributed by atoms with E-state index in [1.165, 1.54) is 5.56 Å². The molecule has 0 heterocycles. The van der Waals surface area contributed by atoms with Crippen LogP contribution in [-0.4, -0.2) is 0 Å². The van der Waals surface area contributed by atoms with E-state index in [0.717, 1.165) is 61.2 Å². The molecule has 0 N–H and O–H groups in total. The summed E-state index contributed by atoms with van der Waals surface area (Å²) in [6, 6.07) is 32.8. The molecule has 0 aromatic heterocycles. The molecule has 0 radical (unpaired) electrons. The number of rotatable bonds is 1. The smallest absolute Gasteiger partial charge is 0.138 e. The van der Waals surface area contributed by atoms with E-state index in [-0.39, 0.29) is 11.1 Å². The molecule has 0 spiro atoms. The number of allylic oxidation sites excluding steroid dienone is 2. The first-order chi connectivity index (χ1) is 18.5. The number of aryl methyl sites for hydroxylation is 2. The minimum Gasteiger partial charge on any atom is -0.192 e. The number of nitrogens with zero attached hydrogens (tertiary/aromatic N) is 4. The van der Waals surface area contributed by atoms with Crippen molar-refractivity contribution in [1.82, 2.24) is 0 Å². The molecule has 4 nitrogen and oxygen atoms in total. The summed E-state index contributed by atoms with van der Waals surface area (Å²) < 4.78 is 0. The maximum Gasteiger partial charge on any atom is 0.138 e. The van der Waals surface area contributed by atoms with Crippen LogP contribution in [0.2, 0.25) is 0 Å². The number of hydrogen-bond donors (Lipinski definition) is 0. The van der Waals surface area contributed by atoms with Crippen LogP contribution >= 0.6 is 0 Å². The second kappa shape index (κ2) is 8.47.